The molecule has 2 aromatic rings. The number of likely N-dealkylation sites (N-methyl/N-ethyl adjacent to an activating group) is 1. The van der Waals surface area contributed by atoms with Crippen molar-refractivity contribution in [1.29, 1.82) is 0 Å². The molecular formula is C19H22ClN3O4. The lowest BCUT2D eigenvalue weighted by molar-refractivity contribution is -0.119. The first kappa shape index (κ1) is 20.5. The summed E-state index contributed by atoms with van der Waals surface area (Å²) in [6.07, 6.45) is 0.888. The normalized spacial score (nSPS) is 11.0. The quantitative estimate of drug-likeness (QED) is 0.794. The first-order valence-corrected chi connectivity index (χ1v) is 8.68. The van der Waals surface area contributed by atoms with Crippen molar-refractivity contribution in [2.24, 2.45) is 0 Å². The molecule has 27 heavy (non-hydrogen) atoms. The van der Waals surface area contributed by atoms with Gasteiger partial charge in [-0.05, 0) is 45.0 Å². The topological polar surface area (TPSA) is 80.6 Å². The number of benzene rings is 1. The number of amides is 2. The van der Waals surface area contributed by atoms with E-state index in [1.807, 2.05) is 0 Å². The van der Waals surface area contributed by atoms with E-state index in [1.165, 1.54) is 16.7 Å². The van der Waals surface area contributed by atoms with Crippen LogP contribution in [0.2, 0.25) is 5.02 Å². The van der Waals surface area contributed by atoms with E-state index in [2.05, 4.69) is 5.32 Å². The summed E-state index contributed by atoms with van der Waals surface area (Å²) >= 11 is 6.10. The molecule has 1 heterocycles. The Kier molecular flexibility index (Phi) is 6.28. The highest BCUT2D eigenvalue weighted by Gasteiger charge is 2.21. The minimum Gasteiger partial charge on any atom is -0.444 e. The van der Waals surface area contributed by atoms with Gasteiger partial charge in [-0.15, -0.1) is 0 Å². The second-order valence-electron chi connectivity index (χ2n) is 6.82. The van der Waals surface area contributed by atoms with Crippen LogP contribution < -0.4 is 10.3 Å². The average Bonchev–Trinajstić information content (AvgIpc) is 3.07. The van der Waals surface area contributed by atoms with Crippen molar-refractivity contribution in [3.05, 3.63) is 58.9 Å². The Bertz CT molecular complexity index is 855. The molecule has 144 valence electrons. The summed E-state index contributed by atoms with van der Waals surface area (Å²) in [5, 5.41) is 3.97. The molecular weight excluding hydrogens is 370 g/mol. The second-order valence-corrected chi connectivity index (χ2v) is 7.23. The number of halogens is 1. The standard InChI is InChI=1S/C19H22ClN3O4/c1-19(2,3)27-18(26)21-12-16(24)22(4)23-11-7-10-15(23)17(25)13-8-5-6-9-14(13)20/h5-11H,12H2,1-4H3,(H,21,26). The van der Waals surface area contributed by atoms with Crippen molar-refractivity contribution in [2.45, 2.75) is 26.4 Å². The van der Waals surface area contributed by atoms with Crippen molar-refractivity contribution in [1.82, 2.24) is 9.99 Å². The van der Waals surface area contributed by atoms with Crippen LogP contribution in [0.1, 0.15) is 36.8 Å². The Balaban J connectivity index is 2.10. The molecule has 0 radical (unpaired) electrons. The minimum atomic E-state index is -0.691. The number of carbonyl (C=O) groups excluding carboxylic acids is 3. The second kappa shape index (κ2) is 8.26. The van der Waals surface area contributed by atoms with Crippen LogP contribution in [0.25, 0.3) is 0 Å². The number of hydrogen-bond acceptors (Lipinski definition) is 4. The van der Waals surface area contributed by atoms with Crippen LogP contribution in [0.5, 0.6) is 0 Å². The maximum atomic E-state index is 12.8. The van der Waals surface area contributed by atoms with Crippen LogP contribution in [0.15, 0.2) is 42.6 Å². The molecule has 0 saturated carbocycles. The van der Waals surface area contributed by atoms with Crippen LogP contribution in [0.4, 0.5) is 4.79 Å². The summed E-state index contributed by atoms with van der Waals surface area (Å²) in [4.78, 5) is 36.8. The molecule has 2 amide bonds. The summed E-state index contributed by atoms with van der Waals surface area (Å²) in [7, 11) is 1.50. The van der Waals surface area contributed by atoms with E-state index in [-0.39, 0.29) is 18.0 Å². The number of alkyl carbamates (subject to hydrolysis) is 1. The van der Waals surface area contributed by atoms with Crippen LogP contribution in [0, 0.1) is 0 Å². The van der Waals surface area contributed by atoms with E-state index in [0.717, 1.165) is 0 Å². The Hall–Kier alpha value is -2.80. The molecule has 0 bridgehead atoms. The molecule has 1 aromatic heterocycles. The smallest absolute Gasteiger partial charge is 0.408 e. The number of carbonyl (C=O) groups is 3. The zero-order chi connectivity index (χ0) is 20.2. The highest BCUT2D eigenvalue weighted by Crippen LogP contribution is 2.19. The number of ketones is 1. The van der Waals surface area contributed by atoms with Crippen molar-refractivity contribution in [3.63, 3.8) is 0 Å². The van der Waals surface area contributed by atoms with Gasteiger partial charge < -0.3 is 10.1 Å². The summed E-state index contributed by atoms with van der Waals surface area (Å²) in [6, 6.07) is 9.93. The van der Waals surface area contributed by atoms with Crippen molar-refractivity contribution >= 4 is 29.4 Å². The number of hydrogen-bond donors (Lipinski definition) is 1. The Labute approximate surface area is 162 Å². The maximum Gasteiger partial charge on any atom is 0.408 e. The zero-order valence-electron chi connectivity index (χ0n) is 15.7. The van der Waals surface area contributed by atoms with Gasteiger partial charge in [-0.3, -0.25) is 19.3 Å². The number of aromatic nitrogens is 1. The van der Waals surface area contributed by atoms with Gasteiger partial charge in [-0.1, -0.05) is 23.7 Å². The summed E-state index contributed by atoms with van der Waals surface area (Å²) in [5.41, 5.74) is -0.0448. The first-order valence-electron chi connectivity index (χ1n) is 8.30. The van der Waals surface area contributed by atoms with Crippen LogP contribution in [-0.4, -0.2) is 41.7 Å². The molecule has 1 aromatic carbocycles. The molecule has 0 aliphatic rings. The molecule has 0 spiro atoms. The van der Waals surface area contributed by atoms with E-state index >= 15 is 0 Å². The lowest BCUT2D eigenvalue weighted by Gasteiger charge is -2.23. The molecule has 1 N–H and O–H groups in total. The number of rotatable bonds is 5. The highest BCUT2D eigenvalue weighted by atomic mass is 35.5. The lowest BCUT2D eigenvalue weighted by atomic mass is 10.1. The van der Waals surface area contributed by atoms with Crippen molar-refractivity contribution in [2.75, 3.05) is 18.6 Å². The third-order valence-corrected chi connectivity index (χ3v) is 3.88. The summed E-state index contributed by atoms with van der Waals surface area (Å²) < 4.78 is 6.50. The molecule has 0 atom stereocenters. The molecule has 8 heteroatoms. The Morgan fingerprint density at radius 1 is 1.15 bits per heavy atom. The van der Waals surface area contributed by atoms with E-state index < -0.39 is 17.6 Å². The van der Waals surface area contributed by atoms with Gasteiger partial charge in [0.2, 0.25) is 5.78 Å². The SMILES string of the molecule is CN(C(=O)CNC(=O)OC(C)(C)C)n1cccc1C(=O)c1ccccc1Cl. The average molecular weight is 392 g/mol. The van der Waals surface area contributed by atoms with Crippen LogP contribution in [-0.2, 0) is 9.53 Å². The third kappa shape index (κ3) is 5.34. The fraction of sp³-hybridized carbons (Fsp3) is 0.316. The Morgan fingerprint density at radius 3 is 2.44 bits per heavy atom. The van der Waals surface area contributed by atoms with Gasteiger partial charge in [-0.25, -0.2) is 4.79 Å². The lowest BCUT2D eigenvalue weighted by Crippen LogP contribution is -2.45. The monoisotopic (exact) mass is 391 g/mol. The number of ether oxygens (including phenoxy) is 1. The van der Waals surface area contributed by atoms with Gasteiger partial charge in [0, 0.05) is 18.8 Å². The maximum absolute atomic E-state index is 12.8. The highest BCUT2D eigenvalue weighted by molar-refractivity contribution is 6.34. The van der Waals surface area contributed by atoms with Crippen molar-refractivity contribution < 1.29 is 19.1 Å². The van der Waals surface area contributed by atoms with E-state index in [1.54, 1.807) is 63.4 Å². The van der Waals surface area contributed by atoms with Gasteiger partial charge >= 0.3 is 6.09 Å². The minimum absolute atomic E-state index is 0.274. The van der Waals surface area contributed by atoms with Gasteiger partial charge in [0.1, 0.15) is 17.8 Å². The first-order chi connectivity index (χ1) is 12.6. The van der Waals surface area contributed by atoms with Gasteiger partial charge in [-0.2, -0.15) is 0 Å². The molecule has 2 rings (SSSR count). The predicted molar refractivity (Wildman–Crippen MR) is 103 cm³/mol. The van der Waals surface area contributed by atoms with Crippen molar-refractivity contribution in [3.8, 4) is 0 Å². The van der Waals surface area contributed by atoms with Crippen LogP contribution >= 0.6 is 11.6 Å². The molecule has 0 aliphatic carbocycles. The van der Waals surface area contributed by atoms with E-state index in [0.29, 0.717) is 10.6 Å². The number of nitrogens with zero attached hydrogens (tertiary/aromatic N) is 2. The van der Waals surface area contributed by atoms with Crippen LogP contribution in [0.3, 0.4) is 0 Å². The van der Waals surface area contributed by atoms with Gasteiger partial charge in [0.25, 0.3) is 5.91 Å². The zero-order valence-corrected chi connectivity index (χ0v) is 16.4. The largest absolute Gasteiger partial charge is 0.444 e. The fourth-order valence-corrected chi connectivity index (χ4v) is 2.52. The third-order valence-electron chi connectivity index (χ3n) is 3.55. The van der Waals surface area contributed by atoms with E-state index in [9.17, 15) is 14.4 Å². The van der Waals surface area contributed by atoms with E-state index in [4.69, 9.17) is 16.3 Å². The predicted octanol–water partition coefficient (Wildman–Crippen LogP) is 2.99. The molecule has 7 nitrogen and oxygen atoms in total. The molecule has 0 fully saturated rings. The fourth-order valence-electron chi connectivity index (χ4n) is 2.29. The molecule has 0 saturated heterocycles. The molecule has 0 aliphatic heterocycles. The summed E-state index contributed by atoms with van der Waals surface area (Å²) in [5.74, 6) is -0.740. The summed E-state index contributed by atoms with van der Waals surface area (Å²) in [6.45, 7) is 4.91. The Morgan fingerprint density at radius 2 is 1.81 bits per heavy atom. The van der Waals surface area contributed by atoms with Gasteiger partial charge in [0.15, 0.2) is 0 Å². The van der Waals surface area contributed by atoms with Gasteiger partial charge in [0.05, 0.1) is 5.02 Å². The number of nitrogens with one attached hydrogen (secondary N) is 1. The molecule has 0 unspecified atom stereocenters.